The van der Waals surface area contributed by atoms with Gasteiger partial charge in [-0.05, 0) is 24.3 Å². The fraction of sp³-hybridized carbons (Fsp3) is 0.500. The summed E-state index contributed by atoms with van der Waals surface area (Å²) in [6.07, 6.45) is 5.52. The number of carboxylic acid groups (broad SMARTS) is 1. The van der Waals surface area contributed by atoms with Crippen LogP contribution in [0.2, 0.25) is 19.6 Å². The molecule has 2 aliphatic rings. The number of rotatable bonds is 1. The molecule has 2 atom stereocenters. The van der Waals surface area contributed by atoms with Crippen LogP contribution in [0, 0.1) is 23.3 Å². The minimum absolute atomic E-state index is 0.358. The summed E-state index contributed by atoms with van der Waals surface area (Å²) in [5.41, 5.74) is 5.65. The lowest BCUT2D eigenvalue weighted by Crippen LogP contribution is -2.24. The predicted molar refractivity (Wildman–Crippen MR) is 71.1 cm³/mol. The molecular weight excluding hydrogens is 228 g/mol. The normalized spacial score (nSPS) is 28.9. The number of fused-ring (bicyclic) bond motifs is 1. The van der Waals surface area contributed by atoms with Gasteiger partial charge in [0.15, 0.2) is 0 Å². The summed E-state index contributed by atoms with van der Waals surface area (Å²) in [6, 6.07) is 0. The zero-order chi connectivity index (χ0) is 12.6. The van der Waals surface area contributed by atoms with Crippen molar-refractivity contribution in [2.45, 2.75) is 32.5 Å². The first-order valence-corrected chi connectivity index (χ1v) is 9.52. The zero-order valence-electron chi connectivity index (χ0n) is 10.6. The van der Waals surface area contributed by atoms with E-state index in [1.54, 1.807) is 0 Å². The van der Waals surface area contributed by atoms with Crippen molar-refractivity contribution in [3.05, 3.63) is 23.3 Å². The van der Waals surface area contributed by atoms with Crippen molar-refractivity contribution in [2.24, 2.45) is 11.8 Å². The van der Waals surface area contributed by atoms with Gasteiger partial charge in [0.2, 0.25) is 0 Å². The van der Waals surface area contributed by atoms with Crippen molar-refractivity contribution < 1.29 is 9.90 Å². The Bertz CT molecular complexity index is 469. The summed E-state index contributed by atoms with van der Waals surface area (Å²) >= 11 is 0. The van der Waals surface area contributed by atoms with Crippen molar-refractivity contribution in [1.82, 2.24) is 0 Å². The highest BCUT2D eigenvalue weighted by Gasteiger charge is 2.39. The third-order valence-corrected chi connectivity index (χ3v) is 4.08. The molecular formula is C14H18O2Si. The zero-order valence-corrected chi connectivity index (χ0v) is 11.6. The van der Waals surface area contributed by atoms with Crippen LogP contribution in [0.4, 0.5) is 0 Å². The van der Waals surface area contributed by atoms with Crippen molar-refractivity contribution >= 4 is 14.0 Å². The maximum atomic E-state index is 10.6. The second-order valence-electron chi connectivity index (χ2n) is 5.94. The van der Waals surface area contributed by atoms with E-state index in [2.05, 4.69) is 37.2 Å². The molecule has 3 heteroatoms. The van der Waals surface area contributed by atoms with Crippen LogP contribution in [0.25, 0.3) is 0 Å². The molecule has 0 aromatic heterocycles. The van der Waals surface area contributed by atoms with Crippen LogP contribution in [0.1, 0.15) is 12.8 Å². The monoisotopic (exact) mass is 246 g/mol. The molecule has 1 fully saturated rings. The maximum absolute atomic E-state index is 10.6. The number of aliphatic carboxylic acids is 1. The van der Waals surface area contributed by atoms with Gasteiger partial charge in [0.05, 0.1) is 0 Å². The molecule has 90 valence electrons. The average Bonchev–Trinajstić information content (AvgIpc) is 2.48. The van der Waals surface area contributed by atoms with E-state index in [1.165, 1.54) is 11.6 Å². The standard InChI is InChI=1S/C14H18O2Si/c1-17(2,3)5-4-10-6-11-8-12(9-14(15)16)13(11)7-10/h7,9,11,13H,6,8H2,1-3H3,(H,15,16)/b12-9-/t11-,13-/m1/s1. The van der Waals surface area contributed by atoms with Crippen LogP contribution in [-0.2, 0) is 4.79 Å². The fourth-order valence-electron chi connectivity index (χ4n) is 2.39. The van der Waals surface area contributed by atoms with Gasteiger partial charge in [-0.3, -0.25) is 0 Å². The van der Waals surface area contributed by atoms with Gasteiger partial charge >= 0.3 is 5.97 Å². The summed E-state index contributed by atoms with van der Waals surface area (Å²) in [5.74, 6) is 3.44. The maximum Gasteiger partial charge on any atom is 0.328 e. The van der Waals surface area contributed by atoms with E-state index in [0.29, 0.717) is 11.8 Å². The van der Waals surface area contributed by atoms with Gasteiger partial charge in [-0.25, -0.2) is 4.79 Å². The number of allylic oxidation sites excluding steroid dienone is 3. The highest BCUT2D eigenvalue weighted by Crippen LogP contribution is 2.49. The molecule has 0 radical (unpaired) electrons. The molecule has 0 unspecified atom stereocenters. The second kappa shape index (κ2) is 4.19. The number of carbonyl (C=O) groups is 1. The topological polar surface area (TPSA) is 37.3 Å². The first kappa shape index (κ1) is 12.2. The number of hydrogen-bond acceptors (Lipinski definition) is 1. The Labute approximate surface area is 103 Å². The van der Waals surface area contributed by atoms with Crippen LogP contribution < -0.4 is 0 Å². The third-order valence-electron chi connectivity index (χ3n) is 3.20. The van der Waals surface area contributed by atoms with Crippen LogP contribution in [0.5, 0.6) is 0 Å². The van der Waals surface area contributed by atoms with Crippen LogP contribution in [0.15, 0.2) is 23.3 Å². The van der Waals surface area contributed by atoms with E-state index in [4.69, 9.17) is 5.11 Å². The van der Waals surface area contributed by atoms with Crippen LogP contribution in [-0.4, -0.2) is 19.1 Å². The van der Waals surface area contributed by atoms with Gasteiger partial charge in [0.1, 0.15) is 8.07 Å². The van der Waals surface area contributed by atoms with Crippen molar-refractivity contribution in [2.75, 3.05) is 0 Å². The molecule has 0 amide bonds. The number of hydrogen-bond donors (Lipinski definition) is 1. The largest absolute Gasteiger partial charge is 0.478 e. The Kier molecular flexibility index (Phi) is 3.01. The lowest BCUT2D eigenvalue weighted by atomic mass is 9.71. The summed E-state index contributed by atoms with van der Waals surface area (Å²) < 4.78 is 0. The predicted octanol–water partition coefficient (Wildman–Crippen LogP) is 2.84. The fourth-order valence-corrected chi connectivity index (χ4v) is 2.93. The molecule has 2 nitrogen and oxygen atoms in total. The lowest BCUT2D eigenvalue weighted by Gasteiger charge is -2.33. The molecule has 0 aromatic carbocycles. The van der Waals surface area contributed by atoms with Crippen LogP contribution >= 0.6 is 0 Å². The summed E-state index contributed by atoms with van der Waals surface area (Å²) in [5, 5.41) is 8.73. The first-order valence-electron chi connectivity index (χ1n) is 6.02. The third kappa shape index (κ3) is 2.89. The lowest BCUT2D eigenvalue weighted by molar-refractivity contribution is -0.131. The minimum Gasteiger partial charge on any atom is -0.478 e. The van der Waals surface area contributed by atoms with Gasteiger partial charge in [-0.15, -0.1) is 5.54 Å². The molecule has 1 N–H and O–H groups in total. The van der Waals surface area contributed by atoms with E-state index in [0.717, 1.165) is 18.4 Å². The van der Waals surface area contributed by atoms with Crippen molar-refractivity contribution in [3.63, 3.8) is 0 Å². The highest BCUT2D eigenvalue weighted by atomic mass is 28.3. The van der Waals surface area contributed by atoms with Crippen molar-refractivity contribution in [1.29, 1.82) is 0 Å². The molecule has 2 aliphatic carbocycles. The smallest absolute Gasteiger partial charge is 0.328 e. The van der Waals surface area contributed by atoms with E-state index < -0.39 is 14.0 Å². The Morgan fingerprint density at radius 3 is 2.76 bits per heavy atom. The quantitative estimate of drug-likeness (QED) is 0.439. The molecule has 0 aliphatic heterocycles. The first-order chi connectivity index (χ1) is 7.85. The average molecular weight is 246 g/mol. The number of carboxylic acids is 1. The molecule has 0 spiro atoms. The van der Waals surface area contributed by atoms with Gasteiger partial charge in [0.25, 0.3) is 0 Å². The Balaban J connectivity index is 2.08. The van der Waals surface area contributed by atoms with E-state index in [-0.39, 0.29) is 0 Å². The summed E-state index contributed by atoms with van der Waals surface area (Å²) in [7, 11) is -1.30. The molecule has 0 aromatic rings. The highest BCUT2D eigenvalue weighted by molar-refractivity contribution is 6.83. The summed E-state index contributed by atoms with van der Waals surface area (Å²) in [6.45, 7) is 6.71. The van der Waals surface area contributed by atoms with Crippen molar-refractivity contribution in [3.8, 4) is 11.5 Å². The minimum atomic E-state index is -1.30. The van der Waals surface area contributed by atoms with Gasteiger partial charge in [-0.2, -0.15) is 0 Å². The Morgan fingerprint density at radius 1 is 1.47 bits per heavy atom. The van der Waals surface area contributed by atoms with E-state index in [1.807, 2.05) is 0 Å². The molecule has 0 saturated heterocycles. The molecule has 1 saturated carbocycles. The molecule has 2 rings (SSSR count). The molecule has 0 heterocycles. The summed E-state index contributed by atoms with van der Waals surface area (Å²) in [4.78, 5) is 10.6. The Morgan fingerprint density at radius 2 is 2.18 bits per heavy atom. The van der Waals surface area contributed by atoms with E-state index >= 15 is 0 Å². The van der Waals surface area contributed by atoms with Gasteiger partial charge in [-0.1, -0.05) is 37.2 Å². The SMILES string of the molecule is C[Si](C)(C)C#CC1=C[C@H]2/C(=C\C(=O)O)C[C@H]2C1. The molecule has 0 bridgehead atoms. The Hall–Kier alpha value is -1.27. The second-order valence-corrected chi connectivity index (χ2v) is 10.7. The van der Waals surface area contributed by atoms with Gasteiger partial charge < -0.3 is 5.11 Å². The van der Waals surface area contributed by atoms with Crippen LogP contribution in [0.3, 0.4) is 0 Å². The van der Waals surface area contributed by atoms with E-state index in [9.17, 15) is 4.79 Å². The van der Waals surface area contributed by atoms with Gasteiger partial charge in [0, 0.05) is 12.0 Å². The molecule has 17 heavy (non-hydrogen) atoms.